The van der Waals surface area contributed by atoms with Crippen LogP contribution >= 0.6 is 0 Å². The van der Waals surface area contributed by atoms with Gasteiger partial charge in [-0.15, -0.1) is 0 Å². The Morgan fingerprint density at radius 3 is 1.36 bits per heavy atom. The number of ether oxygens (including phenoxy) is 5. The monoisotopic (exact) mass is 1050 g/mol. The van der Waals surface area contributed by atoms with E-state index < -0.39 is 67.3 Å². The van der Waals surface area contributed by atoms with Gasteiger partial charge in [0.15, 0.2) is 24.6 Å². The van der Waals surface area contributed by atoms with E-state index in [4.69, 9.17) is 23.7 Å². The Balaban J connectivity index is 2.68. The van der Waals surface area contributed by atoms with Crippen molar-refractivity contribution in [3.63, 3.8) is 0 Å². The van der Waals surface area contributed by atoms with Gasteiger partial charge in [0.05, 0.1) is 6.61 Å². The lowest BCUT2D eigenvalue weighted by Gasteiger charge is -2.40. The molecule has 0 aromatic rings. The molecule has 1 aliphatic rings. The first-order valence-corrected chi connectivity index (χ1v) is 29.9. The summed E-state index contributed by atoms with van der Waals surface area (Å²) < 4.78 is 28.4. The van der Waals surface area contributed by atoms with E-state index >= 15 is 0 Å². The number of esters is 3. The second-order valence-electron chi connectivity index (χ2n) is 20.2. The molecule has 0 spiro atoms. The molecule has 1 saturated heterocycles. The van der Waals surface area contributed by atoms with Gasteiger partial charge in [0.1, 0.15) is 18.8 Å². The van der Waals surface area contributed by atoms with E-state index in [9.17, 15) is 34.5 Å². The maximum Gasteiger partial charge on any atom is 0.335 e. The number of hydrogen-bond acceptors (Lipinski definition) is 11. The predicted molar refractivity (Wildman–Crippen MR) is 303 cm³/mol. The molecule has 6 unspecified atom stereocenters. The first kappa shape index (κ1) is 69.2. The lowest BCUT2D eigenvalue weighted by molar-refractivity contribution is -0.301. The van der Waals surface area contributed by atoms with E-state index in [0.29, 0.717) is 19.3 Å². The largest absolute Gasteiger partial charge is 0.479 e. The first-order chi connectivity index (χ1) is 36.6. The van der Waals surface area contributed by atoms with Gasteiger partial charge < -0.3 is 39.0 Å². The van der Waals surface area contributed by atoms with Crippen LogP contribution in [0.15, 0.2) is 72.9 Å². The molecule has 1 fully saturated rings. The summed E-state index contributed by atoms with van der Waals surface area (Å²) in [4.78, 5) is 51.1. The first-order valence-electron chi connectivity index (χ1n) is 29.9. The molecule has 0 aromatic carbocycles. The lowest BCUT2D eigenvalue weighted by atomic mass is 9.98. The third-order valence-corrected chi connectivity index (χ3v) is 13.2. The second-order valence-corrected chi connectivity index (χ2v) is 20.2. The average Bonchev–Trinajstić information content (AvgIpc) is 3.39. The zero-order valence-electron chi connectivity index (χ0n) is 47.3. The molecule has 1 rings (SSSR count). The molecule has 0 saturated carbocycles. The number of allylic oxidation sites excluding steroid dienone is 12. The van der Waals surface area contributed by atoms with Crippen LogP contribution in [0.4, 0.5) is 0 Å². The van der Waals surface area contributed by atoms with Crippen LogP contribution in [0.2, 0.25) is 0 Å². The van der Waals surface area contributed by atoms with Crippen LogP contribution in [0, 0.1) is 0 Å². The molecule has 0 radical (unpaired) electrons. The van der Waals surface area contributed by atoms with E-state index in [0.717, 1.165) is 109 Å². The number of carboxylic acid groups (broad SMARTS) is 1. The topological polar surface area (TPSA) is 175 Å². The van der Waals surface area contributed by atoms with E-state index in [1.165, 1.54) is 83.5 Å². The third-order valence-electron chi connectivity index (χ3n) is 13.2. The molecular weight excluding hydrogens is 949 g/mol. The van der Waals surface area contributed by atoms with Crippen molar-refractivity contribution >= 4 is 23.9 Å². The van der Waals surface area contributed by atoms with Gasteiger partial charge in [-0.2, -0.15) is 0 Å². The van der Waals surface area contributed by atoms with E-state index in [-0.39, 0.29) is 25.9 Å². The minimum absolute atomic E-state index is 0.0388. The van der Waals surface area contributed by atoms with Crippen LogP contribution in [0.25, 0.3) is 0 Å². The van der Waals surface area contributed by atoms with Crippen molar-refractivity contribution in [1.82, 2.24) is 0 Å². The molecule has 0 aromatic heterocycles. The minimum atomic E-state index is -1.91. The Morgan fingerprint density at radius 1 is 0.453 bits per heavy atom. The average molecular weight is 1060 g/mol. The lowest BCUT2D eigenvalue weighted by Crippen LogP contribution is -2.61. The summed E-state index contributed by atoms with van der Waals surface area (Å²) in [7, 11) is 0. The number of rotatable bonds is 50. The number of hydrogen-bond donors (Lipinski definition) is 3. The second kappa shape index (κ2) is 50.9. The van der Waals surface area contributed by atoms with Gasteiger partial charge in [-0.05, 0) is 103 Å². The van der Waals surface area contributed by atoms with Crippen molar-refractivity contribution < 1.29 is 58.2 Å². The molecule has 0 aliphatic carbocycles. The quantitative estimate of drug-likeness (QED) is 0.0228. The van der Waals surface area contributed by atoms with Gasteiger partial charge in [0, 0.05) is 19.3 Å². The summed E-state index contributed by atoms with van der Waals surface area (Å²) in [5.41, 5.74) is 0. The molecule has 6 atom stereocenters. The summed E-state index contributed by atoms with van der Waals surface area (Å²) >= 11 is 0. The Bertz CT molecular complexity index is 1580. The molecule has 12 nitrogen and oxygen atoms in total. The highest BCUT2D eigenvalue weighted by Crippen LogP contribution is 2.26. The molecule has 75 heavy (non-hydrogen) atoms. The van der Waals surface area contributed by atoms with E-state index in [2.05, 4.69) is 93.7 Å². The maximum absolute atomic E-state index is 13.1. The summed E-state index contributed by atoms with van der Waals surface area (Å²) in [5.74, 6) is -3.18. The molecule has 12 heteroatoms. The van der Waals surface area contributed by atoms with Gasteiger partial charge in [-0.3, -0.25) is 14.4 Å². The van der Waals surface area contributed by atoms with Gasteiger partial charge in [0.25, 0.3) is 0 Å². The van der Waals surface area contributed by atoms with E-state index in [1.54, 1.807) is 0 Å². The van der Waals surface area contributed by atoms with Crippen LogP contribution in [0.1, 0.15) is 252 Å². The highest BCUT2D eigenvalue weighted by Gasteiger charge is 2.50. The van der Waals surface area contributed by atoms with Gasteiger partial charge in [0.2, 0.25) is 0 Å². The summed E-state index contributed by atoms with van der Waals surface area (Å²) in [6.45, 7) is 5.78. The van der Waals surface area contributed by atoms with Crippen molar-refractivity contribution in [2.45, 2.75) is 289 Å². The van der Waals surface area contributed by atoms with Gasteiger partial charge in [-0.1, -0.05) is 203 Å². The number of aliphatic hydroxyl groups excluding tert-OH is 2. The molecule has 0 bridgehead atoms. The Kier molecular flexibility index (Phi) is 47.0. The SMILES string of the molecule is CC/C=C\C/C=C\C/C=C\CCCCCC(=O)OC(COC(=O)CCCCCCCCCCC/C=C\CCCCCCCC)COC1OC(C(=O)O)C(O)C(O)C1OC(=O)CCCCCCC/C=C\C/C=C\CCC. The van der Waals surface area contributed by atoms with Crippen molar-refractivity contribution in [2.24, 2.45) is 0 Å². The fraction of sp³-hybridized carbons (Fsp3) is 0.746. The number of carboxylic acids is 1. The highest BCUT2D eigenvalue weighted by atomic mass is 16.7. The summed E-state index contributed by atoms with van der Waals surface area (Å²) in [6, 6.07) is 0. The van der Waals surface area contributed by atoms with Crippen LogP contribution < -0.4 is 0 Å². The maximum atomic E-state index is 13.1. The van der Waals surface area contributed by atoms with Gasteiger partial charge in [-0.25, -0.2) is 4.79 Å². The fourth-order valence-corrected chi connectivity index (χ4v) is 8.65. The van der Waals surface area contributed by atoms with Crippen LogP contribution in [0.5, 0.6) is 0 Å². The number of aliphatic hydroxyl groups is 2. The van der Waals surface area contributed by atoms with E-state index in [1.807, 2.05) is 0 Å². The third kappa shape index (κ3) is 41.0. The summed E-state index contributed by atoms with van der Waals surface area (Å²) in [6.07, 6.45) is 51.7. The van der Waals surface area contributed by atoms with Gasteiger partial charge >= 0.3 is 23.9 Å². The molecule has 3 N–H and O–H groups in total. The van der Waals surface area contributed by atoms with Crippen molar-refractivity contribution in [3.05, 3.63) is 72.9 Å². The smallest absolute Gasteiger partial charge is 0.335 e. The minimum Gasteiger partial charge on any atom is -0.479 e. The zero-order valence-corrected chi connectivity index (χ0v) is 47.3. The fourth-order valence-electron chi connectivity index (χ4n) is 8.65. The highest BCUT2D eigenvalue weighted by molar-refractivity contribution is 5.74. The molecule has 0 amide bonds. The zero-order chi connectivity index (χ0) is 54.7. The molecule has 1 aliphatic heterocycles. The summed E-state index contributed by atoms with van der Waals surface area (Å²) in [5, 5.41) is 31.4. The Morgan fingerprint density at radius 2 is 0.867 bits per heavy atom. The Hall–Kier alpha value is -3.84. The number of unbranched alkanes of at least 4 members (excludes halogenated alkanes) is 24. The van der Waals surface area contributed by atoms with Crippen LogP contribution in [-0.4, -0.2) is 89.2 Å². The number of carbonyl (C=O) groups excluding carboxylic acids is 3. The molecular formula is C63H106O12. The number of aliphatic carboxylic acids is 1. The molecule has 1 heterocycles. The van der Waals surface area contributed by atoms with Crippen molar-refractivity contribution in [1.29, 1.82) is 0 Å². The van der Waals surface area contributed by atoms with Crippen LogP contribution in [0.3, 0.4) is 0 Å². The Labute approximate surface area is 455 Å². The normalized spacial score (nSPS) is 18.7. The predicted octanol–water partition coefficient (Wildman–Crippen LogP) is 15.3. The molecule has 430 valence electrons. The number of carbonyl (C=O) groups is 4. The van der Waals surface area contributed by atoms with Crippen LogP contribution in [-0.2, 0) is 42.9 Å². The van der Waals surface area contributed by atoms with Crippen molar-refractivity contribution in [2.75, 3.05) is 13.2 Å². The standard InChI is InChI=1S/C63H106O12/c1-4-7-10-13-16-19-22-25-26-27-28-29-30-33-34-37-40-43-46-49-55(64)71-52-54(73-56(65)50-47-44-41-38-35-31-23-20-17-14-11-8-5-2)53-72-63-61(59(68)58(67)60(75-63)62(69)70)74-57(66)51-48-45-42-39-36-32-24-21-18-15-12-9-6-3/h8,11-12,15,17,20-21,24-26,31,35,54,58-61,63,67-68H,4-7,9-10,13-14,16,18-19,22-23,27-30,32-34,36-53H2,1-3H3,(H,69,70)/b11-8-,15-12-,20-17-,24-21-,26-25-,35-31-. The van der Waals surface area contributed by atoms with Crippen molar-refractivity contribution in [3.8, 4) is 0 Å².